The van der Waals surface area contributed by atoms with Crippen LogP contribution in [0.3, 0.4) is 0 Å². The summed E-state index contributed by atoms with van der Waals surface area (Å²) in [7, 11) is -3.83. The summed E-state index contributed by atoms with van der Waals surface area (Å²) in [6.45, 7) is 1.92. The first-order chi connectivity index (χ1) is 9.75. The average molecular weight is 332 g/mol. The summed E-state index contributed by atoms with van der Waals surface area (Å²) in [5, 5.41) is 0.302. The van der Waals surface area contributed by atoms with Gasteiger partial charge < -0.3 is 11.5 Å². The molecule has 1 fully saturated rings. The molecule has 1 aliphatic rings. The number of piperidine rings is 1. The van der Waals surface area contributed by atoms with Crippen molar-refractivity contribution >= 4 is 33.2 Å². The van der Waals surface area contributed by atoms with Gasteiger partial charge in [-0.05, 0) is 37.5 Å². The van der Waals surface area contributed by atoms with Gasteiger partial charge in [0.1, 0.15) is 6.04 Å². The van der Waals surface area contributed by atoms with Gasteiger partial charge in [-0.15, -0.1) is 0 Å². The van der Waals surface area contributed by atoms with Gasteiger partial charge in [0, 0.05) is 6.54 Å². The second kappa shape index (κ2) is 5.82. The number of halogens is 1. The zero-order valence-electron chi connectivity index (χ0n) is 11.7. The summed E-state index contributed by atoms with van der Waals surface area (Å²) in [6.07, 6.45) is 1.92. The van der Waals surface area contributed by atoms with Gasteiger partial charge in [-0.25, -0.2) is 8.42 Å². The van der Waals surface area contributed by atoms with E-state index in [9.17, 15) is 13.2 Å². The third-order valence-corrected chi connectivity index (χ3v) is 6.04. The minimum Gasteiger partial charge on any atom is -0.397 e. The average Bonchev–Trinajstić information content (AvgIpc) is 2.42. The number of nitrogens with two attached hydrogens (primary N) is 2. The number of amides is 1. The summed E-state index contributed by atoms with van der Waals surface area (Å²) in [5.41, 5.74) is 11.7. The van der Waals surface area contributed by atoms with Crippen molar-refractivity contribution in [2.75, 3.05) is 12.3 Å². The monoisotopic (exact) mass is 331 g/mol. The van der Waals surface area contributed by atoms with Crippen LogP contribution >= 0.6 is 11.6 Å². The number of nitrogens with zero attached hydrogens (tertiary/aromatic N) is 1. The first-order valence-electron chi connectivity index (χ1n) is 6.62. The van der Waals surface area contributed by atoms with E-state index in [0.717, 1.165) is 6.42 Å². The van der Waals surface area contributed by atoms with Gasteiger partial charge in [0.25, 0.3) is 0 Å². The number of hydrogen-bond acceptors (Lipinski definition) is 4. The molecule has 2 rings (SSSR count). The maximum Gasteiger partial charge on any atom is 0.244 e. The molecule has 1 amide bonds. The molecule has 6 nitrogen and oxygen atoms in total. The minimum atomic E-state index is -3.83. The third kappa shape index (κ3) is 3.00. The quantitative estimate of drug-likeness (QED) is 0.813. The second-order valence-electron chi connectivity index (χ2n) is 5.17. The number of primary amides is 1. The molecule has 0 bridgehead atoms. The largest absolute Gasteiger partial charge is 0.397 e. The van der Waals surface area contributed by atoms with Crippen molar-refractivity contribution in [2.24, 2.45) is 5.73 Å². The molecule has 1 aromatic rings. The van der Waals surface area contributed by atoms with Gasteiger partial charge >= 0.3 is 0 Å². The molecule has 4 N–H and O–H groups in total. The van der Waals surface area contributed by atoms with Gasteiger partial charge in [-0.3, -0.25) is 4.79 Å². The van der Waals surface area contributed by atoms with Crippen LogP contribution in [-0.4, -0.2) is 31.2 Å². The van der Waals surface area contributed by atoms with E-state index in [4.69, 9.17) is 23.1 Å². The zero-order chi connectivity index (χ0) is 15.8. The van der Waals surface area contributed by atoms with Crippen molar-refractivity contribution in [3.63, 3.8) is 0 Å². The number of benzene rings is 1. The molecule has 0 radical (unpaired) electrons. The predicted molar refractivity (Wildman–Crippen MR) is 81.3 cm³/mol. The predicted octanol–water partition coefficient (Wildman–Crippen LogP) is 1.26. The fourth-order valence-corrected chi connectivity index (χ4v) is 4.68. The molecule has 1 saturated heterocycles. The SMILES string of the molecule is Cc1cc(Cl)c(N)cc1S(=O)(=O)N1CCCCC1C(N)=O. The molecular formula is C13H18ClN3O3S. The molecular weight excluding hydrogens is 314 g/mol. The van der Waals surface area contributed by atoms with E-state index in [1.165, 1.54) is 16.4 Å². The minimum absolute atomic E-state index is 0.0672. The first kappa shape index (κ1) is 16.1. The number of nitrogen functional groups attached to an aromatic ring is 1. The van der Waals surface area contributed by atoms with Crippen LogP contribution in [0.15, 0.2) is 17.0 Å². The zero-order valence-corrected chi connectivity index (χ0v) is 13.2. The Kier molecular flexibility index (Phi) is 4.46. The van der Waals surface area contributed by atoms with Crippen molar-refractivity contribution in [3.05, 3.63) is 22.7 Å². The topological polar surface area (TPSA) is 106 Å². The highest BCUT2D eigenvalue weighted by atomic mass is 35.5. The maximum atomic E-state index is 12.8. The molecule has 1 unspecified atom stereocenters. The van der Waals surface area contributed by atoms with Crippen molar-refractivity contribution in [3.8, 4) is 0 Å². The van der Waals surface area contributed by atoms with Crippen LogP contribution in [-0.2, 0) is 14.8 Å². The van der Waals surface area contributed by atoms with Crippen LogP contribution < -0.4 is 11.5 Å². The molecule has 1 aliphatic heterocycles. The Hall–Kier alpha value is -1.31. The number of carbonyl (C=O) groups is 1. The molecule has 0 saturated carbocycles. The van der Waals surface area contributed by atoms with Gasteiger partial charge in [0.05, 0.1) is 15.6 Å². The molecule has 0 aromatic heterocycles. The van der Waals surface area contributed by atoms with E-state index in [0.29, 0.717) is 23.4 Å². The fourth-order valence-electron chi connectivity index (χ4n) is 2.55. The third-order valence-electron chi connectivity index (χ3n) is 3.66. The lowest BCUT2D eigenvalue weighted by molar-refractivity contribution is -0.122. The van der Waals surface area contributed by atoms with Crippen LogP contribution in [0.25, 0.3) is 0 Å². The lowest BCUT2D eigenvalue weighted by Crippen LogP contribution is -2.50. The van der Waals surface area contributed by atoms with E-state index >= 15 is 0 Å². The fraction of sp³-hybridized carbons (Fsp3) is 0.462. The van der Waals surface area contributed by atoms with Gasteiger partial charge in [-0.1, -0.05) is 18.0 Å². The number of rotatable bonds is 3. The van der Waals surface area contributed by atoms with E-state index in [1.54, 1.807) is 6.92 Å². The first-order valence-corrected chi connectivity index (χ1v) is 8.43. The van der Waals surface area contributed by atoms with Crippen molar-refractivity contribution < 1.29 is 13.2 Å². The lowest BCUT2D eigenvalue weighted by Gasteiger charge is -2.33. The van der Waals surface area contributed by atoms with Crippen LogP contribution in [0.4, 0.5) is 5.69 Å². The lowest BCUT2D eigenvalue weighted by atomic mass is 10.0. The Bertz CT molecular complexity index is 675. The Labute approximate surface area is 129 Å². The smallest absolute Gasteiger partial charge is 0.244 e. The van der Waals surface area contributed by atoms with E-state index in [2.05, 4.69) is 0 Å². The van der Waals surface area contributed by atoms with Gasteiger partial charge in [0.15, 0.2) is 0 Å². The highest BCUT2D eigenvalue weighted by molar-refractivity contribution is 7.89. The van der Waals surface area contributed by atoms with Crippen LogP contribution in [0, 0.1) is 6.92 Å². The number of anilines is 1. The van der Waals surface area contributed by atoms with Crippen LogP contribution in [0.1, 0.15) is 24.8 Å². The number of aryl methyl sites for hydroxylation is 1. The second-order valence-corrected chi connectivity index (χ2v) is 7.44. The summed E-state index contributed by atoms with van der Waals surface area (Å²) in [4.78, 5) is 11.6. The highest BCUT2D eigenvalue weighted by Gasteiger charge is 2.37. The standard InChI is InChI=1S/C13H18ClN3O3S/c1-8-6-9(14)10(15)7-12(8)21(19,20)17-5-3-2-4-11(17)13(16)18/h6-7,11H,2-5,15H2,1H3,(H2,16,18). The van der Waals surface area contributed by atoms with Crippen molar-refractivity contribution in [1.82, 2.24) is 4.31 Å². The Morgan fingerprint density at radius 3 is 2.67 bits per heavy atom. The molecule has 116 valence electrons. The van der Waals surface area contributed by atoms with Crippen LogP contribution in [0.5, 0.6) is 0 Å². The summed E-state index contributed by atoms with van der Waals surface area (Å²) in [6, 6.07) is 2.03. The van der Waals surface area contributed by atoms with E-state index in [-0.39, 0.29) is 17.1 Å². The highest BCUT2D eigenvalue weighted by Crippen LogP contribution is 2.31. The molecule has 21 heavy (non-hydrogen) atoms. The van der Waals surface area contributed by atoms with Gasteiger partial charge in [0.2, 0.25) is 15.9 Å². The van der Waals surface area contributed by atoms with Crippen molar-refractivity contribution in [1.29, 1.82) is 0 Å². The Morgan fingerprint density at radius 2 is 2.05 bits per heavy atom. The van der Waals surface area contributed by atoms with E-state index in [1.807, 2.05) is 0 Å². The normalized spacial score (nSPS) is 20.4. The van der Waals surface area contributed by atoms with E-state index < -0.39 is 22.0 Å². The summed E-state index contributed by atoms with van der Waals surface area (Å²) >= 11 is 5.89. The molecule has 8 heteroatoms. The number of hydrogen-bond donors (Lipinski definition) is 2. The number of sulfonamides is 1. The molecule has 0 spiro atoms. The summed E-state index contributed by atoms with van der Waals surface area (Å²) in [5.74, 6) is -0.627. The van der Waals surface area contributed by atoms with Gasteiger partial charge in [-0.2, -0.15) is 4.31 Å². The summed E-state index contributed by atoms with van der Waals surface area (Å²) < 4.78 is 26.8. The number of carbonyl (C=O) groups excluding carboxylic acids is 1. The Balaban J connectivity index is 2.50. The Morgan fingerprint density at radius 1 is 1.38 bits per heavy atom. The molecule has 1 heterocycles. The van der Waals surface area contributed by atoms with Crippen LogP contribution in [0.2, 0.25) is 5.02 Å². The van der Waals surface area contributed by atoms with Crippen molar-refractivity contribution in [2.45, 2.75) is 37.1 Å². The molecule has 1 aromatic carbocycles. The maximum absolute atomic E-state index is 12.8. The molecule has 1 atom stereocenters. The molecule has 0 aliphatic carbocycles.